The summed E-state index contributed by atoms with van der Waals surface area (Å²) in [5.41, 5.74) is 0. The summed E-state index contributed by atoms with van der Waals surface area (Å²) in [6.45, 7) is 4.65. The van der Waals surface area contributed by atoms with Gasteiger partial charge in [-0.3, -0.25) is 0 Å². The average molecular weight is 100 g/mol. The third kappa shape index (κ3) is 1.45. The van der Waals surface area contributed by atoms with E-state index in [2.05, 4.69) is 5.32 Å². The van der Waals surface area contributed by atoms with Gasteiger partial charge in [-0.15, -0.1) is 0 Å². The van der Waals surface area contributed by atoms with E-state index in [-0.39, 0.29) is 0 Å². The molecular formula is C5H10NO. The maximum absolute atomic E-state index is 5.18. The van der Waals surface area contributed by atoms with Crippen LogP contribution in [0.3, 0.4) is 0 Å². The lowest BCUT2D eigenvalue weighted by Crippen LogP contribution is -2.31. The first-order chi connectivity index (χ1) is 3.39. The number of rotatable bonds is 0. The van der Waals surface area contributed by atoms with Gasteiger partial charge in [0.2, 0.25) is 0 Å². The molecule has 1 aliphatic heterocycles. The summed E-state index contributed by atoms with van der Waals surface area (Å²) in [7, 11) is 0. The minimum atomic E-state index is 0.369. The van der Waals surface area contributed by atoms with Gasteiger partial charge in [-0.05, 0) is 6.92 Å². The first kappa shape index (κ1) is 5.06. The van der Waals surface area contributed by atoms with E-state index < -0.39 is 0 Å². The van der Waals surface area contributed by atoms with Gasteiger partial charge in [-0.25, -0.2) is 5.32 Å². The molecule has 1 radical (unpaired) electrons. The van der Waals surface area contributed by atoms with Gasteiger partial charge < -0.3 is 4.74 Å². The highest BCUT2D eigenvalue weighted by atomic mass is 16.5. The van der Waals surface area contributed by atoms with E-state index >= 15 is 0 Å². The molecule has 0 amide bonds. The molecule has 0 aromatic heterocycles. The van der Waals surface area contributed by atoms with Crippen LogP contribution in [0.1, 0.15) is 6.92 Å². The zero-order chi connectivity index (χ0) is 5.11. The van der Waals surface area contributed by atoms with Crippen LogP contribution in [0.25, 0.3) is 0 Å². The van der Waals surface area contributed by atoms with Gasteiger partial charge in [-0.1, -0.05) is 0 Å². The molecule has 2 nitrogen and oxygen atoms in total. The minimum Gasteiger partial charge on any atom is -0.376 e. The maximum atomic E-state index is 5.18. The summed E-state index contributed by atoms with van der Waals surface area (Å²) < 4.78 is 5.18. The third-order valence-electron chi connectivity index (χ3n) is 1.04. The Labute approximate surface area is 43.9 Å². The van der Waals surface area contributed by atoms with Gasteiger partial charge in [0.05, 0.1) is 12.7 Å². The Balaban J connectivity index is 2.12. The molecule has 41 valence electrons. The second-order valence-corrected chi connectivity index (χ2v) is 1.81. The van der Waals surface area contributed by atoms with Crippen LogP contribution in [0.5, 0.6) is 0 Å². The van der Waals surface area contributed by atoms with Crippen molar-refractivity contribution in [1.29, 1.82) is 0 Å². The summed E-state index contributed by atoms with van der Waals surface area (Å²) in [4.78, 5) is 0. The molecule has 1 fully saturated rings. The number of nitrogens with zero attached hydrogens (tertiary/aromatic N) is 1. The van der Waals surface area contributed by atoms with Crippen molar-refractivity contribution in [3.05, 3.63) is 0 Å². The highest BCUT2D eigenvalue weighted by Crippen LogP contribution is 1.92. The quantitative estimate of drug-likeness (QED) is 0.420. The fraction of sp³-hybridized carbons (Fsp3) is 1.00. The standard InChI is InChI=1S/C5H10NO/c1-5-4-6-2-3-7-5/h5H,2-4H2,1H3/t5-/m0/s1. The molecule has 0 saturated carbocycles. The second-order valence-electron chi connectivity index (χ2n) is 1.81. The molecule has 1 heterocycles. The van der Waals surface area contributed by atoms with Crippen LogP contribution in [-0.2, 0) is 4.74 Å². The normalized spacial score (nSPS) is 33.0. The fourth-order valence-electron chi connectivity index (χ4n) is 0.644. The molecule has 0 unspecified atom stereocenters. The van der Waals surface area contributed by atoms with Crippen LogP contribution in [-0.4, -0.2) is 25.8 Å². The smallest absolute Gasteiger partial charge is 0.0688 e. The first-order valence-corrected chi connectivity index (χ1v) is 2.64. The summed E-state index contributed by atoms with van der Waals surface area (Å²) in [6.07, 6.45) is 0.369. The second kappa shape index (κ2) is 2.28. The lowest BCUT2D eigenvalue weighted by atomic mass is 10.3. The lowest BCUT2D eigenvalue weighted by molar-refractivity contribution is 0.0394. The molecule has 2 heteroatoms. The van der Waals surface area contributed by atoms with Crippen LogP contribution < -0.4 is 5.32 Å². The SMILES string of the molecule is C[C@H]1C[N]CCO1. The van der Waals surface area contributed by atoms with Crippen LogP contribution in [0.15, 0.2) is 0 Å². The van der Waals surface area contributed by atoms with Crippen molar-refractivity contribution < 1.29 is 4.74 Å². The summed E-state index contributed by atoms with van der Waals surface area (Å²) in [6, 6.07) is 0. The van der Waals surface area contributed by atoms with E-state index in [9.17, 15) is 0 Å². The Morgan fingerprint density at radius 1 is 1.71 bits per heavy atom. The molecule has 0 aromatic rings. The molecule has 1 rings (SSSR count). The topological polar surface area (TPSA) is 23.3 Å². The molecule has 0 spiro atoms. The number of hydrogen-bond acceptors (Lipinski definition) is 1. The van der Waals surface area contributed by atoms with E-state index in [0.717, 1.165) is 19.7 Å². The van der Waals surface area contributed by atoms with Crippen molar-refractivity contribution in [2.24, 2.45) is 0 Å². The van der Waals surface area contributed by atoms with Crippen LogP contribution in [0.2, 0.25) is 0 Å². The largest absolute Gasteiger partial charge is 0.376 e. The lowest BCUT2D eigenvalue weighted by Gasteiger charge is -2.17. The zero-order valence-electron chi connectivity index (χ0n) is 4.55. The molecule has 7 heavy (non-hydrogen) atoms. The molecule has 0 N–H and O–H groups in total. The zero-order valence-corrected chi connectivity index (χ0v) is 4.55. The van der Waals surface area contributed by atoms with Gasteiger partial charge in [0, 0.05) is 13.1 Å². The van der Waals surface area contributed by atoms with Crippen LogP contribution in [0, 0.1) is 0 Å². The third-order valence-corrected chi connectivity index (χ3v) is 1.04. The Hall–Kier alpha value is -0.0800. The predicted octanol–water partition coefficient (Wildman–Crippen LogP) is 0.00950. The highest BCUT2D eigenvalue weighted by Gasteiger charge is 2.06. The number of morpholine rings is 1. The van der Waals surface area contributed by atoms with Gasteiger partial charge in [0.1, 0.15) is 0 Å². The van der Waals surface area contributed by atoms with E-state index in [1.807, 2.05) is 6.92 Å². The average Bonchev–Trinajstić information content (AvgIpc) is 1.69. The Kier molecular flexibility index (Phi) is 1.65. The van der Waals surface area contributed by atoms with E-state index in [0.29, 0.717) is 6.10 Å². The molecule has 1 saturated heterocycles. The van der Waals surface area contributed by atoms with Crippen LogP contribution in [0.4, 0.5) is 0 Å². The van der Waals surface area contributed by atoms with Crippen molar-refractivity contribution in [2.75, 3.05) is 19.7 Å². The van der Waals surface area contributed by atoms with Crippen molar-refractivity contribution >= 4 is 0 Å². The summed E-state index contributed by atoms with van der Waals surface area (Å²) in [5.74, 6) is 0. The van der Waals surface area contributed by atoms with Crippen LogP contribution >= 0.6 is 0 Å². The Morgan fingerprint density at radius 3 is 2.86 bits per heavy atom. The molecule has 0 aromatic carbocycles. The van der Waals surface area contributed by atoms with Gasteiger partial charge >= 0.3 is 0 Å². The highest BCUT2D eigenvalue weighted by molar-refractivity contribution is 4.59. The van der Waals surface area contributed by atoms with Crippen molar-refractivity contribution in [1.82, 2.24) is 5.32 Å². The number of ether oxygens (including phenoxy) is 1. The number of hydrogen-bond donors (Lipinski definition) is 0. The summed E-state index contributed by atoms with van der Waals surface area (Å²) in [5, 5.41) is 4.13. The van der Waals surface area contributed by atoms with Gasteiger partial charge in [0.25, 0.3) is 0 Å². The monoisotopic (exact) mass is 100 g/mol. The van der Waals surface area contributed by atoms with Crippen molar-refractivity contribution in [2.45, 2.75) is 13.0 Å². The van der Waals surface area contributed by atoms with Crippen molar-refractivity contribution in [3.8, 4) is 0 Å². The first-order valence-electron chi connectivity index (χ1n) is 2.64. The molecular weight excluding hydrogens is 90.1 g/mol. The summed E-state index contributed by atoms with van der Waals surface area (Å²) >= 11 is 0. The Morgan fingerprint density at radius 2 is 2.57 bits per heavy atom. The fourth-order valence-corrected chi connectivity index (χ4v) is 0.644. The maximum Gasteiger partial charge on any atom is 0.0688 e. The Bertz CT molecular complexity index is 50.0. The van der Waals surface area contributed by atoms with Gasteiger partial charge in [-0.2, -0.15) is 0 Å². The minimum absolute atomic E-state index is 0.369. The van der Waals surface area contributed by atoms with E-state index in [4.69, 9.17) is 4.74 Å². The molecule has 0 bridgehead atoms. The molecule has 1 aliphatic rings. The van der Waals surface area contributed by atoms with Gasteiger partial charge in [0.15, 0.2) is 0 Å². The van der Waals surface area contributed by atoms with E-state index in [1.165, 1.54) is 0 Å². The van der Waals surface area contributed by atoms with Crippen molar-refractivity contribution in [3.63, 3.8) is 0 Å². The van der Waals surface area contributed by atoms with E-state index in [1.54, 1.807) is 0 Å². The predicted molar refractivity (Wildman–Crippen MR) is 27.3 cm³/mol. The molecule has 1 atom stereocenters. The molecule has 0 aliphatic carbocycles.